The molecule has 2 aromatic rings. The summed E-state index contributed by atoms with van der Waals surface area (Å²) in [5, 5.41) is 7.80. The van der Waals surface area contributed by atoms with Gasteiger partial charge in [-0.25, -0.2) is 4.98 Å². The van der Waals surface area contributed by atoms with Crippen LogP contribution in [0.4, 0.5) is 11.5 Å². The Morgan fingerprint density at radius 2 is 2.04 bits per heavy atom. The summed E-state index contributed by atoms with van der Waals surface area (Å²) in [6, 6.07) is 1.50. The van der Waals surface area contributed by atoms with Crippen LogP contribution in [0.5, 0.6) is 0 Å². The fraction of sp³-hybridized carbons (Fsp3) is 0.438. The maximum Gasteiger partial charge on any atom is 0.250 e. The SMILES string of the molecule is NC(=O)c1cnc(Nc2cnn(CCN3CCCCC3)c2)c(Cl)c1. The number of primary amides is 1. The molecule has 128 valence electrons. The van der Waals surface area contributed by atoms with Crippen LogP contribution in [0, 0.1) is 0 Å². The molecule has 24 heavy (non-hydrogen) atoms. The number of carbonyl (C=O) groups excluding carboxylic acids is 1. The van der Waals surface area contributed by atoms with E-state index < -0.39 is 5.91 Å². The molecule has 7 nitrogen and oxygen atoms in total. The second kappa shape index (κ2) is 7.63. The monoisotopic (exact) mass is 348 g/mol. The Labute approximate surface area is 145 Å². The van der Waals surface area contributed by atoms with Crippen molar-refractivity contribution in [2.45, 2.75) is 25.8 Å². The largest absolute Gasteiger partial charge is 0.366 e. The first-order valence-corrected chi connectivity index (χ1v) is 8.47. The van der Waals surface area contributed by atoms with E-state index in [1.54, 1.807) is 6.20 Å². The van der Waals surface area contributed by atoms with E-state index in [1.165, 1.54) is 44.6 Å². The Hall–Kier alpha value is -2.12. The molecule has 0 radical (unpaired) electrons. The molecule has 8 heteroatoms. The zero-order chi connectivity index (χ0) is 16.9. The molecule has 0 unspecified atom stereocenters. The predicted octanol–water partition coefficient (Wildman–Crippen LogP) is 2.26. The minimum atomic E-state index is -0.554. The number of aromatic nitrogens is 3. The summed E-state index contributed by atoms with van der Waals surface area (Å²) < 4.78 is 1.91. The molecule has 0 bridgehead atoms. The van der Waals surface area contributed by atoms with Crippen LogP contribution < -0.4 is 11.1 Å². The Balaban J connectivity index is 1.58. The summed E-state index contributed by atoms with van der Waals surface area (Å²) >= 11 is 6.13. The molecule has 1 fully saturated rings. The highest BCUT2D eigenvalue weighted by molar-refractivity contribution is 6.33. The van der Waals surface area contributed by atoms with Crippen LogP contribution in [0.1, 0.15) is 29.6 Å². The number of nitrogens with one attached hydrogen (secondary N) is 1. The van der Waals surface area contributed by atoms with Gasteiger partial charge in [0.1, 0.15) is 5.82 Å². The fourth-order valence-corrected chi connectivity index (χ4v) is 2.99. The molecule has 0 spiro atoms. The standard InChI is InChI=1S/C16H21ClN6O/c17-14-8-12(15(18)24)9-19-16(14)21-13-10-20-23(11-13)7-6-22-4-2-1-3-5-22/h8-11H,1-7H2,(H2,18,24)(H,19,21). The van der Waals surface area contributed by atoms with Gasteiger partial charge >= 0.3 is 0 Å². The molecule has 0 atom stereocenters. The van der Waals surface area contributed by atoms with Crippen LogP contribution in [0.2, 0.25) is 5.02 Å². The third-order valence-corrected chi connectivity index (χ3v) is 4.40. The van der Waals surface area contributed by atoms with Gasteiger partial charge in [0.05, 0.1) is 29.0 Å². The summed E-state index contributed by atoms with van der Waals surface area (Å²) in [4.78, 5) is 17.7. The fourth-order valence-electron chi connectivity index (χ4n) is 2.78. The van der Waals surface area contributed by atoms with Crippen molar-refractivity contribution in [3.8, 4) is 0 Å². The highest BCUT2D eigenvalue weighted by atomic mass is 35.5. The van der Waals surface area contributed by atoms with Crippen molar-refractivity contribution in [3.05, 3.63) is 35.2 Å². The van der Waals surface area contributed by atoms with Crippen LogP contribution in [0.3, 0.4) is 0 Å². The molecule has 3 N–H and O–H groups in total. The molecule has 0 aromatic carbocycles. The van der Waals surface area contributed by atoms with Crippen LogP contribution in [0.15, 0.2) is 24.7 Å². The minimum absolute atomic E-state index is 0.280. The van der Waals surface area contributed by atoms with Gasteiger partial charge in [-0.3, -0.25) is 9.48 Å². The number of anilines is 2. The van der Waals surface area contributed by atoms with Gasteiger partial charge in [-0.1, -0.05) is 18.0 Å². The lowest BCUT2D eigenvalue weighted by atomic mass is 10.1. The Morgan fingerprint density at radius 1 is 1.25 bits per heavy atom. The number of piperidine rings is 1. The third-order valence-electron chi connectivity index (χ3n) is 4.12. The second-order valence-electron chi connectivity index (χ2n) is 5.94. The number of halogens is 1. The molecule has 0 saturated carbocycles. The summed E-state index contributed by atoms with van der Waals surface area (Å²) in [6.45, 7) is 4.22. The van der Waals surface area contributed by atoms with Gasteiger partial charge in [-0.05, 0) is 32.0 Å². The summed E-state index contributed by atoms with van der Waals surface area (Å²) in [5.41, 5.74) is 6.29. The number of amides is 1. The van der Waals surface area contributed by atoms with Gasteiger partial charge in [0.2, 0.25) is 5.91 Å². The van der Waals surface area contributed by atoms with E-state index >= 15 is 0 Å². The molecule has 3 heterocycles. The van der Waals surface area contributed by atoms with E-state index in [9.17, 15) is 4.79 Å². The van der Waals surface area contributed by atoms with E-state index in [0.29, 0.717) is 10.8 Å². The highest BCUT2D eigenvalue weighted by Gasteiger charge is 2.11. The summed E-state index contributed by atoms with van der Waals surface area (Å²) in [5.74, 6) is -0.0845. The van der Waals surface area contributed by atoms with Crippen molar-refractivity contribution in [1.29, 1.82) is 0 Å². The number of likely N-dealkylation sites (tertiary alicyclic amines) is 1. The molecule has 3 rings (SSSR count). The number of hydrogen-bond donors (Lipinski definition) is 2. The van der Waals surface area contributed by atoms with E-state index in [2.05, 4.69) is 20.3 Å². The number of carbonyl (C=O) groups is 1. The number of rotatable bonds is 6. The Kier molecular flexibility index (Phi) is 5.32. The van der Waals surface area contributed by atoms with Gasteiger partial charge in [-0.2, -0.15) is 5.10 Å². The molecule has 1 amide bonds. The Bertz CT molecular complexity index is 710. The second-order valence-corrected chi connectivity index (χ2v) is 6.35. The first-order chi connectivity index (χ1) is 11.6. The molecule has 2 aromatic heterocycles. The molecule has 1 saturated heterocycles. The maximum atomic E-state index is 11.1. The maximum absolute atomic E-state index is 11.1. The lowest BCUT2D eigenvalue weighted by molar-refractivity contribution is 0.1000. The topological polar surface area (TPSA) is 89.1 Å². The number of hydrogen-bond acceptors (Lipinski definition) is 5. The van der Waals surface area contributed by atoms with Crippen LogP contribution in [-0.4, -0.2) is 45.2 Å². The highest BCUT2D eigenvalue weighted by Crippen LogP contribution is 2.23. The average Bonchev–Trinajstić information content (AvgIpc) is 3.03. The van der Waals surface area contributed by atoms with Crippen molar-refractivity contribution >= 4 is 29.0 Å². The Morgan fingerprint density at radius 3 is 2.75 bits per heavy atom. The average molecular weight is 349 g/mol. The number of nitrogens with two attached hydrogens (primary N) is 1. The van der Waals surface area contributed by atoms with Crippen molar-refractivity contribution in [1.82, 2.24) is 19.7 Å². The van der Waals surface area contributed by atoms with Gasteiger partial charge in [0.25, 0.3) is 0 Å². The van der Waals surface area contributed by atoms with E-state index in [0.717, 1.165) is 18.8 Å². The number of nitrogens with zero attached hydrogens (tertiary/aromatic N) is 4. The van der Waals surface area contributed by atoms with Gasteiger partial charge in [0.15, 0.2) is 0 Å². The quantitative estimate of drug-likeness (QED) is 0.835. The van der Waals surface area contributed by atoms with Crippen LogP contribution in [-0.2, 0) is 6.54 Å². The summed E-state index contributed by atoms with van der Waals surface area (Å²) in [7, 11) is 0. The van der Waals surface area contributed by atoms with Crippen molar-refractivity contribution in [2.24, 2.45) is 5.73 Å². The lowest BCUT2D eigenvalue weighted by Crippen LogP contribution is -2.32. The predicted molar refractivity (Wildman–Crippen MR) is 93.6 cm³/mol. The van der Waals surface area contributed by atoms with E-state index in [-0.39, 0.29) is 5.56 Å². The molecule has 1 aliphatic rings. The smallest absolute Gasteiger partial charge is 0.250 e. The van der Waals surface area contributed by atoms with Gasteiger partial charge < -0.3 is 16.0 Å². The van der Waals surface area contributed by atoms with E-state index in [1.807, 2.05) is 10.9 Å². The zero-order valence-corrected chi connectivity index (χ0v) is 14.2. The van der Waals surface area contributed by atoms with E-state index in [4.69, 9.17) is 17.3 Å². The van der Waals surface area contributed by atoms with Crippen LogP contribution in [0.25, 0.3) is 0 Å². The van der Waals surface area contributed by atoms with Gasteiger partial charge in [-0.15, -0.1) is 0 Å². The van der Waals surface area contributed by atoms with Crippen molar-refractivity contribution in [2.75, 3.05) is 25.0 Å². The van der Waals surface area contributed by atoms with Crippen LogP contribution >= 0.6 is 11.6 Å². The molecule has 1 aliphatic heterocycles. The molecular formula is C16H21ClN6O. The third kappa shape index (κ3) is 4.24. The number of pyridine rings is 1. The molecule has 0 aliphatic carbocycles. The summed E-state index contributed by atoms with van der Waals surface area (Å²) in [6.07, 6.45) is 8.97. The van der Waals surface area contributed by atoms with Gasteiger partial charge in [0, 0.05) is 18.9 Å². The normalized spacial score (nSPS) is 15.4. The van der Waals surface area contributed by atoms with Crippen molar-refractivity contribution in [3.63, 3.8) is 0 Å². The first kappa shape index (κ1) is 16.7. The zero-order valence-electron chi connectivity index (χ0n) is 13.4. The van der Waals surface area contributed by atoms with Crippen molar-refractivity contribution < 1.29 is 4.79 Å². The first-order valence-electron chi connectivity index (χ1n) is 8.09. The minimum Gasteiger partial charge on any atom is -0.366 e. The molecular weight excluding hydrogens is 328 g/mol. The lowest BCUT2D eigenvalue weighted by Gasteiger charge is -2.26.